The Kier molecular flexibility index (Phi) is 4.52. The summed E-state index contributed by atoms with van der Waals surface area (Å²) >= 11 is 0. The highest BCUT2D eigenvalue weighted by Crippen LogP contribution is 2.25. The van der Waals surface area contributed by atoms with Crippen molar-refractivity contribution in [2.24, 2.45) is 0 Å². The first-order chi connectivity index (χ1) is 9.40. The third-order valence-corrected chi connectivity index (χ3v) is 5.78. The summed E-state index contributed by atoms with van der Waals surface area (Å²) in [6.07, 6.45) is 4.81. The standard InChI is InChI=1S/C15H23NO3S/c1-3-15(2,11-17)16-20(18,19)14-9-8-12-6-4-5-7-13(12)10-14/h8-10,16-17H,3-7,11H2,1-2H3. The number of rotatable bonds is 5. The highest BCUT2D eigenvalue weighted by molar-refractivity contribution is 7.89. The van der Waals surface area contributed by atoms with Crippen LogP contribution in [0.4, 0.5) is 0 Å². The molecule has 0 saturated carbocycles. The van der Waals surface area contributed by atoms with E-state index in [-0.39, 0.29) is 6.61 Å². The molecule has 20 heavy (non-hydrogen) atoms. The van der Waals surface area contributed by atoms with Gasteiger partial charge in [0.25, 0.3) is 0 Å². The maximum atomic E-state index is 12.4. The van der Waals surface area contributed by atoms with Gasteiger partial charge in [0.15, 0.2) is 0 Å². The fraction of sp³-hybridized carbons (Fsp3) is 0.600. The fourth-order valence-electron chi connectivity index (χ4n) is 2.48. The quantitative estimate of drug-likeness (QED) is 0.873. The van der Waals surface area contributed by atoms with E-state index in [2.05, 4.69) is 4.72 Å². The summed E-state index contributed by atoms with van der Waals surface area (Å²) in [6.45, 7) is 3.35. The summed E-state index contributed by atoms with van der Waals surface area (Å²) in [7, 11) is -3.59. The van der Waals surface area contributed by atoms with E-state index in [1.54, 1.807) is 19.1 Å². The summed E-state index contributed by atoms with van der Waals surface area (Å²) in [5, 5.41) is 9.36. The molecule has 4 nitrogen and oxygen atoms in total. The molecule has 1 unspecified atom stereocenters. The molecule has 0 saturated heterocycles. The van der Waals surface area contributed by atoms with E-state index in [4.69, 9.17) is 0 Å². The van der Waals surface area contributed by atoms with Gasteiger partial charge in [0.2, 0.25) is 10.0 Å². The van der Waals surface area contributed by atoms with Gasteiger partial charge in [-0.05, 0) is 62.3 Å². The van der Waals surface area contributed by atoms with Crippen molar-refractivity contribution >= 4 is 10.0 Å². The van der Waals surface area contributed by atoms with Crippen LogP contribution in [0.5, 0.6) is 0 Å². The van der Waals surface area contributed by atoms with Crippen molar-refractivity contribution in [3.63, 3.8) is 0 Å². The minimum absolute atomic E-state index is 0.215. The summed E-state index contributed by atoms with van der Waals surface area (Å²) < 4.78 is 27.5. The number of hydrogen-bond donors (Lipinski definition) is 2. The Morgan fingerprint density at radius 3 is 2.50 bits per heavy atom. The van der Waals surface area contributed by atoms with E-state index >= 15 is 0 Å². The molecule has 2 N–H and O–H groups in total. The van der Waals surface area contributed by atoms with Crippen molar-refractivity contribution in [1.82, 2.24) is 4.72 Å². The monoisotopic (exact) mass is 297 g/mol. The van der Waals surface area contributed by atoms with Gasteiger partial charge < -0.3 is 5.11 Å². The number of hydrogen-bond acceptors (Lipinski definition) is 3. The number of sulfonamides is 1. The Labute approximate surface area is 121 Å². The zero-order valence-corrected chi connectivity index (χ0v) is 13.0. The van der Waals surface area contributed by atoms with Crippen molar-refractivity contribution < 1.29 is 13.5 Å². The largest absolute Gasteiger partial charge is 0.394 e. The fourth-order valence-corrected chi connectivity index (χ4v) is 4.00. The van der Waals surface area contributed by atoms with Crippen LogP contribution in [0.3, 0.4) is 0 Å². The van der Waals surface area contributed by atoms with Gasteiger partial charge in [0.1, 0.15) is 0 Å². The SMILES string of the molecule is CCC(C)(CO)NS(=O)(=O)c1ccc2c(c1)CCCC2. The highest BCUT2D eigenvalue weighted by atomic mass is 32.2. The number of aliphatic hydroxyl groups is 1. The van der Waals surface area contributed by atoms with E-state index in [1.165, 1.54) is 12.0 Å². The van der Waals surface area contributed by atoms with E-state index in [1.807, 2.05) is 13.0 Å². The first kappa shape index (κ1) is 15.5. The lowest BCUT2D eigenvalue weighted by Gasteiger charge is -2.27. The zero-order valence-electron chi connectivity index (χ0n) is 12.1. The lowest BCUT2D eigenvalue weighted by Crippen LogP contribution is -2.48. The van der Waals surface area contributed by atoms with Crippen molar-refractivity contribution in [2.45, 2.75) is 56.4 Å². The molecule has 0 heterocycles. The third kappa shape index (κ3) is 3.22. The molecular formula is C15H23NO3S. The first-order valence-corrected chi connectivity index (χ1v) is 8.65. The summed E-state index contributed by atoms with van der Waals surface area (Å²) in [5.41, 5.74) is 1.59. The summed E-state index contributed by atoms with van der Waals surface area (Å²) in [4.78, 5) is 0.297. The van der Waals surface area contributed by atoms with Crippen LogP contribution in [-0.4, -0.2) is 25.7 Å². The number of aliphatic hydroxyl groups excluding tert-OH is 1. The van der Waals surface area contributed by atoms with Crippen molar-refractivity contribution in [2.75, 3.05) is 6.61 Å². The minimum Gasteiger partial charge on any atom is -0.394 e. The number of aryl methyl sites for hydroxylation is 2. The zero-order chi connectivity index (χ0) is 14.8. The smallest absolute Gasteiger partial charge is 0.241 e. The molecule has 5 heteroatoms. The van der Waals surface area contributed by atoms with Crippen LogP contribution in [0.1, 0.15) is 44.2 Å². The van der Waals surface area contributed by atoms with E-state index in [0.29, 0.717) is 11.3 Å². The molecule has 1 aliphatic carbocycles. The second-order valence-electron chi connectivity index (χ2n) is 5.82. The molecule has 0 aromatic heterocycles. The lowest BCUT2D eigenvalue weighted by atomic mass is 9.92. The number of fused-ring (bicyclic) bond motifs is 1. The molecule has 1 atom stereocenters. The van der Waals surface area contributed by atoms with Gasteiger partial charge in [-0.1, -0.05) is 13.0 Å². The molecule has 0 spiro atoms. The van der Waals surface area contributed by atoms with Gasteiger partial charge in [0, 0.05) is 0 Å². The van der Waals surface area contributed by atoms with Gasteiger partial charge in [0.05, 0.1) is 17.0 Å². The van der Waals surface area contributed by atoms with E-state index < -0.39 is 15.6 Å². The van der Waals surface area contributed by atoms with Gasteiger partial charge in [-0.15, -0.1) is 0 Å². The second-order valence-corrected chi connectivity index (χ2v) is 7.50. The predicted molar refractivity (Wildman–Crippen MR) is 79.2 cm³/mol. The molecule has 0 bridgehead atoms. The molecule has 112 valence electrons. The van der Waals surface area contributed by atoms with E-state index in [9.17, 15) is 13.5 Å². The maximum Gasteiger partial charge on any atom is 0.241 e. The molecule has 1 aromatic carbocycles. The molecule has 0 amide bonds. The average Bonchev–Trinajstić information content (AvgIpc) is 2.46. The molecule has 0 fully saturated rings. The molecule has 2 rings (SSSR count). The van der Waals surface area contributed by atoms with Gasteiger partial charge in [-0.3, -0.25) is 0 Å². The Morgan fingerprint density at radius 1 is 1.25 bits per heavy atom. The van der Waals surface area contributed by atoms with E-state index in [0.717, 1.165) is 24.8 Å². The molecular weight excluding hydrogens is 274 g/mol. The lowest BCUT2D eigenvalue weighted by molar-refractivity contribution is 0.191. The number of nitrogens with one attached hydrogen (secondary N) is 1. The summed E-state index contributed by atoms with van der Waals surface area (Å²) in [6, 6.07) is 5.37. The van der Waals surface area contributed by atoms with Crippen LogP contribution in [0, 0.1) is 0 Å². The maximum absolute atomic E-state index is 12.4. The Bertz CT molecular complexity index is 577. The topological polar surface area (TPSA) is 66.4 Å². The second kappa shape index (κ2) is 5.84. The van der Waals surface area contributed by atoms with Gasteiger partial charge in [-0.25, -0.2) is 13.1 Å². The van der Waals surface area contributed by atoms with Gasteiger partial charge >= 0.3 is 0 Å². The van der Waals surface area contributed by atoms with Crippen molar-refractivity contribution in [3.05, 3.63) is 29.3 Å². The summed E-state index contributed by atoms with van der Waals surface area (Å²) in [5.74, 6) is 0. The van der Waals surface area contributed by atoms with Crippen LogP contribution < -0.4 is 4.72 Å². The Hall–Kier alpha value is -0.910. The molecule has 0 radical (unpaired) electrons. The van der Waals surface area contributed by atoms with Crippen LogP contribution in [0.2, 0.25) is 0 Å². The van der Waals surface area contributed by atoms with Crippen LogP contribution >= 0.6 is 0 Å². The third-order valence-electron chi connectivity index (χ3n) is 4.14. The first-order valence-electron chi connectivity index (χ1n) is 7.17. The molecule has 1 aliphatic rings. The highest BCUT2D eigenvalue weighted by Gasteiger charge is 2.28. The van der Waals surface area contributed by atoms with Crippen molar-refractivity contribution in [3.8, 4) is 0 Å². The van der Waals surface area contributed by atoms with Crippen LogP contribution in [0.15, 0.2) is 23.1 Å². The molecule has 0 aliphatic heterocycles. The van der Waals surface area contributed by atoms with Gasteiger partial charge in [-0.2, -0.15) is 0 Å². The van der Waals surface area contributed by atoms with Crippen molar-refractivity contribution in [1.29, 1.82) is 0 Å². The van der Waals surface area contributed by atoms with Crippen LogP contribution in [0.25, 0.3) is 0 Å². The average molecular weight is 297 g/mol. The molecule has 1 aromatic rings. The normalized spacial score (nSPS) is 18.4. The number of benzene rings is 1. The van der Waals surface area contributed by atoms with Crippen LogP contribution in [-0.2, 0) is 22.9 Å². The Morgan fingerprint density at radius 2 is 1.90 bits per heavy atom. The predicted octanol–water partition coefficient (Wildman–Crippen LogP) is 2.00. The minimum atomic E-state index is -3.59. The Balaban J connectivity index is 2.30.